The molecule has 0 amide bonds. The van der Waals surface area contributed by atoms with Crippen molar-refractivity contribution in [2.75, 3.05) is 6.54 Å². The summed E-state index contributed by atoms with van der Waals surface area (Å²) < 4.78 is 5.62. The molecule has 1 aromatic carbocycles. The van der Waals surface area contributed by atoms with Gasteiger partial charge in [0.2, 0.25) is 0 Å². The molecule has 1 atom stereocenters. The molecule has 0 spiro atoms. The van der Waals surface area contributed by atoms with Crippen LogP contribution in [0.3, 0.4) is 0 Å². The van der Waals surface area contributed by atoms with Gasteiger partial charge in [0.25, 0.3) is 0 Å². The van der Waals surface area contributed by atoms with Gasteiger partial charge in [-0.1, -0.05) is 38.6 Å². The molecule has 0 aliphatic carbocycles. The molecule has 17 heavy (non-hydrogen) atoms. The number of hydrogen-bond donors (Lipinski definition) is 1. The number of nitrogens with one attached hydrogen (secondary N) is 1. The largest absolute Gasteiger partial charge is 0.487 e. The lowest BCUT2D eigenvalue weighted by molar-refractivity contribution is 0.270. The second-order valence-corrected chi connectivity index (χ2v) is 4.73. The summed E-state index contributed by atoms with van der Waals surface area (Å²) in [4.78, 5) is 0. The SMILES string of the molecule is C=CC(C)Oc1ccc(CNCC(C)C)cc1. The average Bonchev–Trinajstić information content (AvgIpc) is 2.31. The summed E-state index contributed by atoms with van der Waals surface area (Å²) in [5.41, 5.74) is 1.28. The smallest absolute Gasteiger partial charge is 0.120 e. The monoisotopic (exact) mass is 233 g/mol. The third-order valence-corrected chi connectivity index (χ3v) is 2.46. The van der Waals surface area contributed by atoms with Gasteiger partial charge in [-0.2, -0.15) is 0 Å². The molecule has 94 valence electrons. The number of ether oxygens (including phenoxy) is 1. The van der Waals surface area contributed by atoms with Gasteiger partial charge >= 0.3 is 0 Å². The summed E-state index contributed by atoms with van der Waals surface area (Å²) in [6.07, 6.45) is 1.85. The van der Waals surface area contributed by atoms with Crippen LogP contribution in [0.5, 0.6) is 5.75 Å². The zero-order valence-corrected chi connectivity index (χ0v) is 11.1. The summed E-state index contributed by atoms with van der Waals surface area (Å²) in [5, 5.41) is 3.42. The van der Waals surface area contributed by atoms with Crippen molar-refractivity contribution in [1.82, 2.24) is 5.32 Å². The Morgan fingerprint density at radius 2 is 1.88 bits per heavy atom. The van der Waals surface area contributed by atoms with Crippen molar-refractivity contribution in [2.45, 2.75) is 33.4 Å². The summed E-state index contributed by atoms with van der Waals surface area (Å²) in [5.74, 6) is 1.58. The van der Waals surface area contributed by atoms with Crippen LogP contribution in [0.25, 0.3) is 0 Å². The molecule has 1 N–H and O–H groups in total. The fourth-order valence-electron chi connectivity index (χ4n) is 1.45. The Hall–Kier alpha value is -1.28. The summed E-state index contributed by atoms with van der Waals surface area (Å²) >= 11 is 0. The molecular weight excluding hydrogens is 210 g/mol. The highest BCUT2D eigenvalue weighted by Gasteiger charge is 1.99. The van der Waals surface area contributed by atoms with Gasteiger partial charge in [-0.05, 0) is 37.1 Å². The molecule has 2 heteroatoms. The molecular formula is C15H23NO. The first-order valence-corrected chi connectivity index (χ1v) is 6.20. The first kappa shape index (κ1) is 13.8. The van der Waals surface area contributed by atoms with E-state index in [0.717, 1.165) is 18.8 Å². The molecule has 0 fully saturated rings. The third-order valence-electron chi connectivity index (χ3n) is 2.46. The molecule has 0 saturated heterocycles. The van der Waals surface area contributed by atoms with Crippen LogP contribution in [0.2, 0.25) is 0 Å². The minimum atomic E-state index is 0.0555. The highest BCUT2D eigenvalue weighted by Crippen LogP contribution is 2.14. The Morgan fingerprint density at radius 3 is 2.41 bits per heavy atom. The Labute approximate surface area is 105 Å². The van der Waals surface area contributed by atoms with Crippen molar-refractivity contribution in [3.05, 3.63) is 42.5 Å². The first-order chi connectivity index (χ1) is 8.11. The van der Waals surface area contributed by atoms with E-state index in [0.29, 0.717) is 5.92 Å². The van der Waals surface area contributed by atoms with E-state index in [-0.39, 0.29) is 6.10 Å². The van der Waals surface area contributed by atoms with E-state index in [4.69, 9.17) is 4.74 Å². The molecule has 1 aromatic rings. The Bertz CT molecular complexity index is 329. The summed E-state index contributed by atoms with van der Waals surface area (Å²) in [6.45, 7) is 12.1. The van der Waals surface area contributed by atoms with Crippen LogP contribution < -0.4 is 10.1 Å². The number of hydrogen-bond acceptors (Lipinski definition) is 2. The van der Waals surface area contributed by atoms with E-state index in [9.17, 15) is 0 Å². The van der Waals surface area contributed by atoms with E-state index in [2.05, 4.69) is 37.9 Å². The van der Waals surface area contributed by atoms with E-state index < -0.39 is 0 Å². The second kappa shape index (κ2) is 7.13. The van der Waals surface area contributed by atoms with Crippen molar-refractivity contribution in [1.29, 1.82) is 0 Å². The normalized spacial score (nSPS) is 12.5. The van der Waals surface area contributed by atoms with Crippen LogP contribution in [0.1, 0.15) is 26.3 Å². The van der Waals surface area contributed by atoms with E-state index in [1.165, 1.54) is 5.56 Å². The van der Waals surface area contributed by atoms with Crippen LogP contribution in [0.4, 0.5) is 0 Å². The van der Waals surface area contributed by atoms with Gasteiger partial charge in [0.1, 0.15) is 11.9 Å². The highest BCUT2D eigenvalue weighted by molar-refractivity contribution is 5.27. The maximum atomic E-state index is 5.62. The quantitative estimate of drug-likeness (QED) is 0.729. The maximum Gasteiger partial charge on any atom is 0.120 e. The van der Waals surface area contributed by atoms with Crippen LogP contribution in [0.15, 0.2) is 36.9 Å². The lowest BCUT2D eigenvalue weighted by atomic mass is 10.2. The van der Waals surface area contributed by atoms with E-state index >= 15 is 0 Å². The Morgan fingerprint density at radius 1 is 1.24 bits per heavy atom. The predicted octanol–water partition coefficient (Wildman–Crippen LogP) is 3.39. The van der Waals surface area contributed by atoms with Crippen molar-refractivity contribution in [3.63, 3.8) is 0 Å². The fourth-order valence-corrected chi connectivity index (χ4v) is 1.45. The lowest BCUT2D eigenvalue weighted by Crippen LogP contribution is -2.18. The zero-order chi connectivity index (χ0) is 12.7. The molecule has 0 aliphatic rings. The Kier molecular flexibility index (Phi) is 5.78. The van der Waals surface area contributed by atoms with Crippen LogP contribution in [-0.4, -0.2) is 12.6 Å². The van der Waals surface area contributed by atoms with Crippen molar-refractivity contribution in [2.24, 2.45) is 5.92 Å². The molecule has 0 radical (unpaired) electrons. The zero-order valence-electron chi connectivity index (χ0n) is 11.1. The topological polar surface area (TPSA) is 21.3 Å². The van der Waals surface area contributed by atoms with Crippen molar-refractivity contribution in [3.8, 4) is 5.75 Å². The lowest BCUT2D eigenvalue weighted by Gasteiger charge is -2.11. The molecule has 1 rings (SSSR count). The van der Waals surface area contributed by atoms with E-state index in [1.807, 2.05) is 19.1 Å². The van der Waals surface area contributed by atoms with Gasteiger partial charge in [-0.25, -0.2) is 0 Å². The summed E-state index contributed by atoms with van der Waals surface area (Å²) in [6, 6.07) is 8.20. The van der Waals surface area contributed by atoms with Gasteiger partial charge < -0.3 is 10.1 Å². The first-order valence-electron chi connectivity index (χ1n) is 6.20. The van der Waals surface area contributed by atoms with Crippen molar-refractivity contribution < 1.29 is 4.74 Å². The molecule has 0 aliphatic heterocycles. The second-order valence-electron chi connectivity index (χ2n) is 4.73. The number of rotatable bonds is 7. The third kappa shape index (κ3) is 5.55. The fraction of sp³-hybridized carbons (Fsp3) is 0.467. The van der Waals surface area contributed by atoms with Crippen LogP contribution in [0, 0.1) is 5.92 Å². The van der Waals surface area contributed by atoms with Crippen LogP contribution >= 0.6 is 0 Å². The van der Waals surface area contributed by atoms with E-state index in [1.54, 1.807) is 6.08 Å². The highest BCUT2D eigenvalue weighted by atomic mass is 16.5. The average molecular weight is 233 g/mol. The molecule has 1 unspecified atom stereocenters. The predicted molar refractivity (Wildman–Crippen MR) is 73.3 cm³/mol. The van der Waals surface area contributed by atoms with Gasteiger partial charge in [0.05, 0.1) is 0 Å². The van der Waals surface area contributed by atoms with Gasteiger partial charge in [0.15, 0.2) is 0 Å². The van der Waals surface area contributed by atoms with Gasteiger partial charge in [-0.15, -0.1) is 0 Å². The molecule has 0 aromatic heterocycles. The standard InChI is InChI=1S/C15H23NO/c1-5-13(4)17-15-8-6-14(7-9-15)11-16-10-12(2)3/h5-9,12-13,16H,1,10-11H2,2-4H3. The molecule has 0 saturated carbocycles. The molecule has 2 nitrogen and oxygen atoms in total. The van der Waals surface area contributed by atoms with Gasteiger partial charge in [-0.3, -0.25) is 0 Å². The van der Waals surface area contributed by atoms with Crippen molar-refractivity contribution >= 4 is 0 Å². The molecule has 0 heterocycles. The summed E-state index contributed by atoms with van der Waals surface area (Å²) in [7, 11) is 0. The Balaban J connectivity index is 2.42. The maximum absolute atomic E-state index is 5.62. The minimum absolute atomic E-state index is 0.0555. The number of benzene rings is 1. The van der Waals surface area contributed by atoms with Crippen LogP contribution in [-0.2, 0) is 6.54 Å². The van der Waals surface area contributed by atoms with Gasteiger partial charge in [0, 0.05) is 6.54 Å². The molecule has 0 bridgehead atoms. The minimum Gasteiger partial charge on any atom is -0.487 e.